The number of rotatable bonds is 7. The maximum absolute atomic E-state index is 12.5. The normalized spacial score (nSPS) is 17.9. The Hall–Kier alpha value is -0.660. The highest BCUT2D eigenvalue weighted by Crippen LogP contribution is 2.27. The summed E-state index contributed by atoms with van der Waals surface area (Å²) in [7, 11) is -3.37. The Balaban J connectivity index is 2.03. The third-order valence-corrected chi connectivity index (χ3v) is 7.61. The molecule has 2 N–H and O–H groups in total. The number of nitrogens with one attached hydrogen (secondary N) is 1. The number of aromatic nitrogens is 1. The number of aliphatic hydroxyl groups is 1. The van der Waals surface area contributed by atoms with Crippen molar-refractivity contribution in [1.82, 2.24) is 4.98 Å². The zero-order valence-corrected chi connectivity index (χ0v) is 15.7. The summed E-state index contributed by atoms with van der Waals surface area (Å²) < 4.78 is 27.7. The van der Waals surface area contributed by atoms with Crippen LogP contribution in [0.1, 0.15) is 70.9 Å². The molecule has 2 rings (SSSR count). The lowest BCUT2D eigenvalue weighted by molar-refractivity contribution is 0.0319. The van der Waals surface area contributed by atoms with E-state index in [9.17, 15) is 13.5 Å². The Labute approximate surface area is 143 Å². The van der Waals surface area contributed by atoms with E-state index in [1.807, 2.05) is 19.2 Å². The van der Waals surface area contributed by atoms with E-state index in [2.05, 4.69) is 9.71 Å². The van der Waals surface area contributed by atoms with Crippen molar-refractivity contribution in [3.05, 3.63) is 11.1 Å². The third-order valence-electron chi connectivity index (χ3n) is 4.85. The molecule has 0 spiro atoms. The first kappa shape index (κ1) is 18.7. The van der Waals surface area contributed by atoms with Gasteiger partial charge >= 0.3 is 0 Å². The van der Waals surface area contributed by atoms with Gasteiger partial charge in [-0.05, 0) is 25.7 Å². The average Bonchev–Trinajstić information content (AvgIpc) is 2.78. The van der Waals surface area contributed by atoms with E-state index < -0.39 is 15.6 Å². The van der Waals surface area contributed by atoms with Crippen molar-refractivity contribution in [2.75, 3.05) is 4.72 Å². The first-order valence-corrected chi connectivity index (χ1v) is 11.0. The molecule has 0 bridgehead atoms. The summed E-state index contributed by atoms with van der Waals surface area (Å²) in [5.41, 5.74) is -0.00864. The van der Waals surface area contributed by atoms with Gasteiger partial charge in [-0.15, -0.1) is 11.3 Å². The average molecular weight is 361 g/mol. The number of anilines is 1. The van der Waals surface area contributed by atoms with Gasteiger partial charge < -0.3 is 5.11 Å². The van der Waals surface area contributed by atoms with Gasteiger partial charge in [0.15, 0.2) is 5.13 Å². The van der Waals surface area contributed by atoms with Crippen molar-refractivity contribution in [1.29, 1.82) is 0 Å². The Morgan fingerprint density at radius 2 is 1.87 bits per heavy atom. The number of sulfonamides is 1. The van der Waals surface area contributed by atoms with Crippen LogP contribution in [-0.4, -0.2) is 29.4 Å². The Morgan fingerprint density at radius 3 is 2.43 bits per heavy atom. The molecule has 7 heteroatoms. The molecule has 0 radical (unpaired) electrons. The Morgan fingerprint density at radius 1 is 1.26 bits per heavy atom. The topological polar surface area (TPSA) is 79.3 Å². The molecule has 5 nitrogen and oxygen atoms in total. The van der Waals surface area contributed by atoms with Crippen LogP contribution in [0.2, 0.25) is 0 Å². The molecule has 1 fully saturated rings. The fourth-order valence-electron chi connectivity index (χ4n) is 3.03. The predicted molar refractivity (Wildman–Crippen MR) is 95.4 cm³/mol. The lowest BCUT2D eigenvalue weighted by Crippen LogP contribution is -2.29. The highest BCUT2D eigenvalue weighted by Gasteiger charge is 2.28. The fraction of sp³-hybridized carbons (Fsp3) is 0.812. The summed E-state index contributed by atoms with van der Waals surface area (Å²) in [5.74, 6) is 0. The second-order valence-corrected chi connectivity index (χ2v) is 9.33. The van der Waals surface area contributed by atoms with Gasteiger partial charge in [0.1, 0.15) is 0 Å². The molecule has 1 aromatic rings. The van der Waals surface area contributed by atoms with Crippen LogP contribution in [0.25, 0.3) is 0 Å². The molecule has 0 saturated heterocycles. The van der Waals surface area contributed by atoms with E-state index in [0.29, 0.717) is 24.4 Å². The molecular formula is C16H28N2O3S2. The zero-order valence-electron chi connectivity index (χ0n) is 14.0. The van der Waals surface area contributed by atoms with E-state index in [1.54, 1.807) is 0 Å². The van der Waals surface area contributed by atoms with E-state index >= 15 is 0 Å². The summed E-state index contributed by atoms with van der Waals surface area (Å²) in [6.45, 7) is 3.90. The molecule has 1 aromatic heterocycles. The maximum Gasteiger partial charge on any atom is 0.237 e. The van der Waals surface area contributed by atoms with Gasteiger partial charge in [-0.1, -0.05) is 39.5 Å². The van der Waals surface area contributed by atoms with Gasteiger partial charge in [0, 0.05) is 11.8 Å². The van der Waals surface area contributed by atoms with E-state index in [1.165, 1.54) is 11.3 Å². The molecule has 0 unspecified atom stereocenters. The minimum absolute atomic E-state index is 0.305. The van der Waals surface area contributed by atoms with Crippen LogP contribution in [0.3, 0.4) is 0 Å². The Kier molecular flexibility index (Phi) is 6.45. The molecule has 132 valence electrons. The van der Waals surface area contributed by atoms with Crippen LogP contribution in [0.5, 0.6) is 0 Å². The van der Waals surface area contributed by atoms with Gasteiger partial charge in [-0.2, -0.15) is 0 Å². The summed E-state index contributed by atoms with van der Waals surface area (Å²) >= 11 is 1.29. The smallest absolute Gasteiger partial charge is 0.237 e. The van der Waals surface area contributed by atoms with Crippen LogP contribution < -0.4 is 4.72 Å². The van der Waals surface area contributed by atoms with Gasteiger partial charge in [0.25, 0.3) is 0 Å². The fourth-order valence-corrected chi connectivity index (χ4v) is 5.53. The van der Waals surface area contributed by atoms with Crippen LogP contribution in [0.4, 0.5) is 5.13 Å². The quantitative estimate of drug-likeness (QED) is 0.727. The van der Waals surface area contributed by atoms with Crippen molar-refractivity contribution in [2.45, 2.75) is 82.5 Å². The number of nitrogens with zero attached hydrogens (tertiary/aromatic N) is 1. The van der Waals surface area contributed by atoms with Crippen LogP contribution in [0, 0.1) is 0 Å². The molecule has 1 saturated carbocycles. The van der Waals surface area contributed by atoms with Crippen molar-refractivity contribution in [3.63, 3.8) is 0 Å². The minimum Gasteiger partial charge on any atom is -0.390 e. The summed E-state index contributed by atoms with van der Waals surface area (Å²) in [6.07, 6.45) is 7.46. The number of thiazole rings is 1. The third kappa shape index (κ3) is 5.16. The number of hydrogen-bond acceptors (Lipinski definition) is 5. The molecule has 0 atom stereocenters. The second kappa shape index (κ2) is 7.94. The van der Waals surface area contributed by atoms with Crippen LogP contribution >= 0.6 is 11.3 Å². The van der Waals surface area contributed by atoms with Crippen molar-refractivity contribution >= 4 is 26.5 Å². The van der Waals surface area contributed by atoms with Crippen LogP contribution in [-0.2, 0) is 16.4 Å². The summed E-state index contributed by atoms with van der Waals surface area (Å²) in [5, 5.41) is 12.3. The second-order valence-electron chi connectivity index (χ2n) is 6.51. The SMILES string of the molecule is CCC(O)(CC)Cc1csc(NS(=O)(=O)C2CCCCCC2)n1. The molecule has 0 amide bonds. The van der Waals surface area contributed by atoms with Crippen molar-refractivity contribution in [2.24, 2.45) is 0 Å². The molecule has 1 heterocycles. The highest BCUT2D eigenvalue weighted by molar-refractivity contribution is 7.93. The first-order valence-electron chi connectivity index (χ1n) is 8.57. The van der Waals surface area contributed by atoms with Gasteiger partial charge in [0.05, 0.1) is 16.5 Å². The largest absolute Gasteiger partial charge is 0.390 e. The molecule has 1 aliphatic carbocycles. The first-order chi connectivity index (χ1) is 10.9. The molecule has 0 aliphatic heterocycles. The summed E-state index contributed by atoms with van der Waals surface area (Å²) in [6, 6.07) is 0. The van der Waals surface area contributed by atoms with Gasteiger partial charge in [-0.25, -0.2) is 13.4 Å². The standard InChI is InChI=1S/C16H28N2O3S2/c1-3-16(19,4-2)11-13-12-22-15(17-13)18-23(20,21)14-9-7-5-6-8-10-14/h12,14,19H,3-11H2,1-2H3,(H,17,18). The predicted octanol–water partition coefficient (Wildman–Crippen LogP) is 3.70. The number of hydrogen-bond donors (Lipinski definition) is 2. The lowest BCUT2D eigenvalue weighted by Gasteiger charge is -2.23. The highest BCUT2D eigenvalue weighted by atomic mass is 32.2. The van der Waals surface area contributed by atoms with Gasteiger partial charge in [0.2, 0.25) is 10.0 Å². The maximum atomic E-state index is 12.5. The lowest BCUT2D eigenvalue weighted by atomic mass is 9.92. The molecule has 0 aromatic carbocycles. The molecular weight excluding hydrogens is 332 g/mol. The van der Waals surface area contributed by atoms with Crippen LogP contribution in [0.15, 0.2) is 5.38 Å². The van der Waals surface area contributed by atoms with E-state index in [0.717, 1.165) is 44.2 Å². The monoisotopic (exact) mass is 360 g/mol. The molecule has 1 aliphatic rings. The Bertz CT molecular complexity index is 586. The summed E-state index contributed by atoms with van der Waals surface area (Å²) in [4.78, 5) is 4.36. The zero-order chi connectivity index (χ0) is 16.9. The van der Waals surface area contributed by atoms with Crippen molar-refractivity contribution < 1.29 is 13.5 Å². The van der Waals surface area contributed by atoms with Gasteiger partial charge in [-0.3, -0.25) is 4.72 Å². The minimum atomic E-state index is -3.37. The van der Waals surface area contributed by atoms with Crippen molar-refractivity contribution in [3.8, 4) is 0 Å². The van der Waals surface area contributed by atoms with E-state index in [-0.39, 0.29) is 5.25 Å². The van der Waals surface area contributed by atoms with E-state index in [4.69, 9.17) is 0 Å². The molecule has 23 heavy (non-hydrogen) atoms.